The van der Waals surface area contributed by atoms with E-state index in [1.54, 1.807) is 0 Å². The molecule has 2 rings (SSSR count). The van der Waals surface area contributed by atoms with Crippen LogP contribution < -0.4 is 9.47 Å². The molecule has 1 unspecified atom stereocenters. The second kappa shape index (κ2) is 9.65. The van der Waals surface area contributed by atoms with Gasteiger partial charge in [0.15, 0.2) is 6.16 Å². The van der Waals surface area contributed by atoms with E-state index in [2.05, 4.69) is 9.05 Å². The Kier molecular flexibility index (Phi) is 7.70. The average molecular weight is 470 g/mol. The van der Waals surface area contributed by atoms with Crippen molar-refractivity contribution < 1.29 is 41.2 Å². The number of nitrogens with zero attached hydrogens (tertiary/aromatic N) is 1. The zero-order chi connectivity index (χ0) is 22.5. The fourth-order valence-electron chi connectivity index (χ4n) is 2.22. The standard InChI is InChI=1S/C17H16ClF3NO7P/c1-26-30(25,27-2)10-16(22(23)24)29-13-5-3-4-12(9-13)28-15-7-6-11(8-14(15)18)17(19,20)21/h3-9,16H,10H2,1-2H3. The molecule has 0 heterocycles. The number of benzene rings is 2. The summed E-state index contributed by atoms with van der Waals surface area (Å²) in [4.78, 5) is 10.5. The normalized spacial score (nSPS) is 13.0. The van der Waals surface area contributed by atoms with Crippen molar-refractivity contribution >= 4 is 19.2 Å². The van der Waals surface area contributed by atoms with Gasteiger partial charge in [0.2, 0.25) is 0 Å². The van der Waals surface area contributed by atoms with Crippen molar-refractivity contribution in [1.29, 1.82) is 0 Å². The van der Waals surface area contributed by atoms with E-state index in [9.17, 15) is 27.9 Å². The van der Waals surface area contributed by atoms with Gasteiger partial charge in [0.05, 0.1) is 15.5 Å². The van der Waals surface area contributed by atoms with E-state index in [4.69, 9.17) is 21.1 Å². The van der Waals surface area contributed by atoms with Crippen LogP contribution in [0, 0.1) is 10.1 Å². The second-order valence-electron chi connectivity index (χ2n) is 5.74. The molecule has 0 bridgehead atoms. The van der Waals surface area contributed by atoms with Gasteiger partial charge in [-0.2, -0.15) is 13.2 Å². The Morgan fingerprint density at radius 2 is 1.77 bits per heavy atom. The molecule has 0 radical (unpaired) electrons. The molecule has 0 saturated heterocycles. The molecule has 0 aliphatic carbocycles. The molecule has 0 amide bonds. The fraction of sp³-hybridized carbons (Fsp3) is 0.294. The number of ether oxygens (including phenoxy) is 2. The van der Waals surface area contributed by atoms with Crippen LogP contribution in [0.5, 0.6) is 17.2 Å². The van der Waals surface area contributed by atoms with E-state index in [0.717, 1.165) is 26.4 Å². The van der Waals surface area contributed by atoms with Crippen LogP contribution in [0.2, 0.25) is 5.02 Å². The maximum Gasteiger partial charge on any atom is 0.416 e. The zero-order valence-corrected chi connectivity index (χ0v) is 17.2. The van der Waals surface area contributed by atoms with Crippen LogP contribution in [0.4, 0.5) is 13.2 Å². The maximum absolute atomic E-state index is 12.7. The number of halogens is 4. The molecule has 0 N–H and O–H groups in total. The van der Waals surface area contributed by atoms with Gasteiger partial charge in [0.25, 0.3) is 0 Å². The smallest absolute Gasteiger partial charge is 0.416 e. The van der Waals surface area contributed by atoms with Crippen molar-refractivity contribution in [2.24, 2.45) is 0 Å². The third kappa shape index (κ3) is 6.33. The molecule has 8 nitrogen and oxygen atoms in total. The lowest BCUT2D eigenvalue weighted by Crippen LogP contribution is -2.30. The quantitative estimate of drug-likeness (QED) is 0.203. The highest BCUT2D eigenvalue weighted by Gasteiger charge is 2.35. The molecule has 0 saturated carbocycles. The van der Waals surface area contributed by atoms with E-state index >= 15 is 0 Å². The monoisotopic (exact) mass is 469 g/mol. The molecule has 0 aliphatic heterocycles. The van der Waals surface area contributed by atoms with Crippen LogP contribution in [-0.2, 0) is 19.8 Å². The van der Waals surface area contributed by atoms with Gasteiger partial charge in [-0.1, -0.05) is 17.7 Å². The summed E-state index contributed by atoms with van der Waals surface area (Å²) < 4.78 is 70.4. The van der Waals surface area contributed by atoms with Crippen LogP contribution in [0.1, 0.15) is 5.56 Å². The Morgan fingerprint density at radius 1 is 1.13 bits per heavy atom. The molecule has 2 aromatic rings. The maximum atomic E-state index is 12.7. The first-order chi connectivity index (χ1) is 14.0. The number of alkyl halides is 3. The summed E-state index contributed by atoms with van der Waals surface area (Å²) >= 11 is 5.85. The zero-order valence-electron chi connectivity index (χ0n) is 15.6. The van der Waals surface area contributed by atoms with Crippen LogP contribution in [0.25, 0.3) is 0 Å². The van der Waals surface area contributed by atoms with E-state index in [1.807, 2.05) is 0 Å². The summed E-state index contributed by atoms with van der Waals surface area (Å²) in [7, 11) is -1.55. The van der Waals surface area contributed by atoms with Crippen LogP contribution in [0.3, 0.4) is 0 Å². The van der Waals surface area contributed by atoms with Gasteiger partial charge in [0.1, 0.15) is 17.2 Å². The Bertz CT molecular complexity index is 949. The molecule has 0 aliphatic rings. The minimum atomic E-state index is -4.56. The summed E-state index contributed by atoms with van der Waals surface area (Å²) in [6.07, 6.45) is -6.96. The first kappa shape index (κ1) is 23.9. The second-order valence-corrected chi connectivity index (χ2v) is 8.46. The van der Waals surface area contributed by atoms with Gasteiger partial charge in [-0.25, -0.2) is 0 Å². The van der Waals surface area contributed by atoms with Gasteiger partial charge >= 0.3 is 20.0 Å². The SMILES string of the molecule is COP(=O)(CC(Oc1cccc(Oc2ccc(C(F)(F)F)cc2Cl)c1)[N+](=O)[O-])OC. The van der Waals surface area contributed by atoms with Gasteiger partial charge in [-0.15, -0.1) is 0 Å². The summed E-state index contributed by atoms with van der Waals surface area (Å²) in [6, 6.07) is 8.08. The molecule has 30 heavy (non-hydrogen) atoms. The molecule has 164 valence electrons. The fourth-order valence-corrected chi connectivity index (χ4v) is 3.47. The Morgan fingerprint density at radius 3 is 2.30 bits per heavy atom. The van der Waals surface area contributed by atoms with Crippen LogP contribution >= 0.6 is 19.2 Å². The minimum Gasteiger partial charge on any atom is -0.456 e. The lowest BCUT2D eigenvalue weighted by atomic mass is 10.2. The highest BCUT2D eigenvalue weighted by atomic mass is 35.5. The number of rotatable bonds is 9. The third-order valence-corrected chi connectivity index (χ3v) is 5.90. The minimum absolute atomic E-state index is 0.0176. The Labute approximate surface area is 174 Å². The van der Waals surface area contributed by atoms with Gasteiger partial charge in [-0.3, -0.25) is 14.7 Å². The van der Waals surface area contributed by atoms with Crippen molar-refractivity contribution in [3.05, 3.63) is 63.2 Å². The number of hydrogen-bond acceptors (Lipinski definition) is 7. The number of hydrogen-bond donors (Lipinski definition) is 0. The van der Waals surface area contributed by atoms with Gasteiger partial charge in [-0.05, 0) is 30.3 Å². The summed E-state index contributed by atoms with van der Waals surface area (Å²) in [5, 5.41) is 11.0. The van der Waals surface area contributed by atoms with Gasteiger partial charge < -0.3 is 18.5 Å². The van der Waals surface area contributed by atoms with Crippen molar-refractivity contribution in [3.8, 4) is 17.2 Å². The molecule has 0 spiro atoms. The van der Waals surface area contributed by atoms with Crippen LogP contribution in [0.15, 0.2) is 42.5 Å². The molecule has 1 atom stereocenters. The predicted octanol–water partition coefficient (Wildman–Crippen LogP) is 5.62. The predicted molar refractivity (Wildman–Crippen MR) is 101 cm³/mol. The Balaban J connectivity index is 2.19. The van der Waals surface area contributed by atoms with E-state index in [0.29, 0.717) is 6.07 Å². The summed E-state index contributed by atoms with van der Waals surface area (Å²) in [5.41, 5.74) is -0.938. The highest BCUT2D eigenvalue weighted by Crippen LogP contribution is 2.47. The Hall–Kier alpha value is -2.33. The largest absolute Gasteiger partial charge is 0.456 e. The van der Waals surface area contributed by atoms with E-state index in [1.165, 1.54) is 24.3 Å². The topological polar surface area (TPSA) is 97.1 Å². The lowest BCUT2D eigenvalue weighted by Gasteiger charge is -2.17. The van der Waals surface area contributed by atoms with Crippen molar-refractivity contribution in [2.45, 2.75) is 12.4 Å². The van der Waals surface area contributed by atoms with Crippen molar-refractivity contribution in [3.63, 3.8) is 0 Å². The third-order valence-electron chi connectivity index (χ3n) is 3.74. The average Bonchev–Trinajstić information content (AvgIpc) is 2.68. The highest BCUT2D eigenvalue weighted by molar-refractivity contribution is 7.53. The lowest BCUT2D eigenvalue weighted by molar-refractivity contribution is -0.556. The van der Waals surface area contributed by atoms with Crippen molar-refractivity contribution in [2.75, 3.05) is 20.4 Å². The first-order valence-corrected chi connectivity index (χ1v) is 10.2. The van der Waals surface area contributed by atoms with E-state index < -0.39 is 36.6 Å². The summed E-state index contributed by atoms with van der Waals surface area (Å²) in [5.74, 6) is 0.0184. The summed E-state index contributed by atoms with van der Waals surface area (Å²) in [6.45, 7) is 0. The molecular formula is C17H16ClF3NO7P. The molecule has 13 heteroatoms. The van der Waals surface area contributed by atoms with Crippen LogP contribution in [-0.4, -0.2) is 31.5 Å². The molecule has 0 fully saturated rings. The molecular weight excluding hydrogens is 454 g/mol. The van der Waals surface area contributed by atoms with E-state index in [-0.39, 0.29) is 22.3 Å². The number of nitro groups is 1. The molecule has 2 aromatic carbocycles. The van der Waals surface area contributed by atoms with Crippen molar-refractivity contribution in [1.82, 2.24) is 0 Å². The van der Waals surface area contributed by atoms with Gasteiger partial charge in [0, 0.05) is 20.3 Å². The first-order valence-electron chi connectivity index (χ1n) is 8.13. The molecule has 0 aromatic heterocycles.